The lowest BCUT2D eigenvalue weighted by atomic mass is 10.1. The van der Waals surface area contributed by atoms with E-state index in [2.05, 4.69) is 22.4 Å². The van der Waals surface area contributed by atoms with Crippen LogP contribution in [0.1, 0.15) is 0 Å². The average molecular weight is 158 g/mol. The van der Waals surface area contributed by atoms with Crippen LogP contribution in [0.4, 0.5) is 0 Å². The fourth-order valence-electron chi connectivity index (χ4n) is 1.70. The van der Waals surface area contributed by atoms with Crippen molar-refractivity contribution in [1.29, 1.82) is 0 Å². The minimum absolute atomic E-state index is 0.773. The van der Waals surface area contributed by atoms with Crippen LogP contribution >= 0.6 is 11.8 Å². The van der Waals surface area contributed by atoms with Crippen LogP contribution in [0.5, 0.6) is 0 Å². The highest BCUT2D eigenvalue weighted by Crippen LogP contribution is 2.18. The van der Waals surface area contributed by atoms with Crippen molar-refractivity contribution in [1.82, 2.24) is 10.6 Å². The first-order valence-corrected chi connectivity index (χ1v) is 5.14. The van der Waals surface area contributed by atoms with Crippen LogP contribution in [0.15, 0.2) is 0 Å². The Morgan fingerprint density at radius 3 is 3.30 bits per heavy atom. The smallest absolute Gasteiger partial charge is 0.0241 e. The Kier molecular flexibility index (Phi) is 2.16. The van der Waals surface area contributed by atoms with Gasteiger partial charge in [0.2, 0.25) is 0 Å². The molecule has 2 N–H and O–H groups in total. The van der Waals surface area contributed by atoms with Crippen LogP contribution < -0.4 is 10.6 Å². The summed E-state index contributed by atoms with van der Waals surface area (Å²) >= 11 is 2.09. The third kappa shape index (κ3) is 1.31. The largest absolute Gasteiger partial charge is 0.315 e. The minimum Gasteiger partial charge on any atom is -0.315 e. The quantitative estimate of drug-likeness (QED) is 0.515. The van der Waals surface area contributed by atoms with Gasteiger partial charge in [-0.15, -0.1) is 0 Å². The van der Waals surface area contributed by atoms with Crippen molar-refractivity contribution in [3.05, 3.63) is 0 Å². The van der Waals surface area contributed by atoms with Crippen molar-refractivity contribution in [2.45, 2.75) is 6.04 Å². The summed E-state index contributed by atoms with van der Waals surface area (Å²) in [5, 5.41) is 6.98. The van der Waals surface area contributed by atoms with E-state index in [1.807, 2.05) is 0 Å². The standard InChI is InChI=1S/C7H14N2S/c1-2-10-5-6-3-8-4-7(6)9-1/h6-9H,1-5H2. The van der Waals surface area contributed by atoms with Gasteiger partial charge in [-0.2, -0.15) is 11.8 Å². The average Bonchev–Trinajstić information content (AvgIpc) is 2.28. The molecule has 2 heterocycles. The van der Waals surface area contributed by atoms with Gasteiger partial charge in [0.1, 0.15) is 0 Å². The van der Waals surface area contributed by atoms with Crippen molar-refractivity contribution in [2.75, 3.05) is 31.1 Å². The maximum atomic E-state index is 3.56. The van der Waals surface area contributed by atoms with Crippen LogP contribution in [-0.4, -0.2) is 37.2 Å². The molecule has 2 rings (SSSR count). The van der Waals surface area contributed by atoms with Crippen LogP contribution in [-0.2, 0) is 0 Å². The zero-order valence-corrected chi connectivity index (χ0v) is 6.91. The molecule has 0 aromatic heterocycles. The molecule has 0 aromatic carbocycles. The number of fused-ring (bicyclic) bond motifs is 1. The van der Waals surface area contributed by atoms with E-state index in [0.29, 0.717) is 0 Å². The van der Waals surface area contributed by atoms with Crippen LogP contribution in [0, 0.1) is 5.92 Å². The second-order valence-corrected chi connectivity index (χ2v) is 4.20. The number of rotatable bonds is 0. The van der Waals surface area contributed by atoms with E-state index < -0.39 is 0 Å². The number of hydrogen-bond acceptors (Lipinski definition) is 3. The summed E-state index contributed by atoms with van der Waals surface area (Å²) in [6, 6.07) is 0.773. The number of hydrogen-bond donors (Lipinski definition) is 2. The highest BCUT2D eigenvalue weighted by Gasteiger charge is 2.27. The van der Waals surface area contributed by atoms with Crippen LogP contribution in [0.3, 0.4) is 0 Å². The normalized spacial score (nSPS) is 40.8. The summed E-state index contributed by atoms with van der Waals surface area (Å²) in [6.07, 6.45) is 0. The molecule has 2 saturated heterocycles. The van der Waals surface area contributed by atoms with Gasteiger partial charge in [0.25, 0.3) is 0 Å². The molecule has 2 atom stereocenters. The van der Waals surface area contributed by atoms with Crippen molar-refractivity contribution in [3.63, 3.8) is 0 Å². The maximum absolute atomic E-state index is 3.56. The van der Waals surface area contributed by atoms with Gasteiger partial charge in [0.05, 0.1) is 0 Å². The Hall–Kier alpha value is 0.270. The Labute approximate surface area is 66.1 Å². The van der Waals surface area contributed by atoms with Crippen molar-refractivity contribution in [3.8, 4) is 0 Å². The predicted octanol–water partition coefficient (Wildman–Crippen LogP) is -0.0892. The van der Waals surface area contributed by atoms with Crippen LogP contribution in [0.2, 0.25) is 0 Å². The molecule has 2 nitrogen and oxygen atoms in total. The molecule has 0 saturated carbocycles. The SMILES string of the molecule is C1CSCC2CNCC2N1. The van der Waals surface area contributed by atoms with Gasteiger partial charge in [-0.25, -0.2) is 0 Å². The predicted molar refractivity (Wildman–Crippen MR) is 45.5 cm³/mol. The number of nitrogens with one attached hydrogen (secondary N) is 2. The molecule has 0 amide bonds. The van der Waals surface area contributed by atoms with E-state index >= 15 is 0 Å². The third-order valence-electron chi connectivity index (χ3n) is 2.32. The van der Waals surface area contributed by atoms with E-state index in [1.165, 1.54) is 31.1 Å². The molecule has 2 aliphatic heterocycles. The zero-order valence-electron chi connectivity index (χ0n) is 6.10. The lowest BCUT2D eigenvalue weighted by molar-refractivity contribution is 0.481. The molecule has 0 aliphatic carbocycles. The molecule has 2 fully saturated rings. The molecule has 0 radical (unpaired) electrons. The van der Waals surface area contributed by atoms with Gasteiger partial charge in [0.15, 0.2) is 0 Å². The molecule has 58 valence electrons. The first kappa shape index (κ1) is 6.95. The van der Waals surface area contributed by atoms with E-state index in [0.717, 1.165) is 12.0 Å². The molecule has 0 spiro atoms. The molecular weight excluding hydrogens is 144 g/mol. The second kappa shape index (κ2) is 3.11. The minimum atomic E-state index is 0.773. The van der Waals surface area contributed by atoms with Gasteiger partial charge in [-0.05, 0) is 11.7 Å². The van der Waals surface area contributed by atoms with Gasteiger partial charge in [-0.1, -0.05) is 0 Å². The highest BCUT2D eigenvalue weighted by atomic mass is 32.2. The molecule has 10 heavy (non-hydrogen) atoms. The second-order valence-electron chi connectivity index (χ2n) is 3.05. The first-order valence-electron chi connectivity index (χ1n) is 3.98. The van der Waals surface area contributed by atoms with E-state index in [9.17, 15) is 0 Å². The molecule has 0 bridgehead atoms. The Balaban J connectivity index is 1.95. The Morgan fingerprint density at radius 2 is 2.30 bits per heavy atom. The third-order valence-corrected chi connectivity index (χ3v) is 3.48. The summed E-state index contributed by atoms with van der Waals surface area (Å²) in [7, 11) is 0. The van der Waals surface area contributed by atoms with Crippen LogP contribution in [0.25, 0.3) is 0 Å². The van der Waals surface area contributed by atoms with Crippen molar-refractivity contribution < 1.29 is 0 Å². The molecular formula is C7H14N2S. The maximum Gasteiger partial charge on any atom is 0.0241 e. The summed E-state index contributed by atoms with van der Waals surface area (Å²) in [5.74, 6) is 3.55. The summed E-state index contributed by atoms with van der Waals surface area (Å²) < 4.78 is 0. The van der Waals surface area contributed by atoms with E-state index in [1.54, 1.807) is 0 Å². The fourth-order valence-corrected chi connectivity index (χ4v) is 2.78. The lowest BCUT2D eigenvalue weighted by Gasteiger charge is -2.13. The zero-order chi connectivity index (χ0) is 6.81. The fraction of sp³-hybridized carbons (Fsp3) is 1.00. The van der Waals surface area contributed by atoms with E-state index in [4.69, 9.17) is 0 Å². The van der Waals surface area contributed by atoms with E-state index in [-0.39, 0.29) is 0 Å². The van der Waals surface area contributed by atoms with Gasteiger partial charge >= 0.3 is 0 Å². The van der Waals surface area contributed by atoms with Gasteiger partial charge < -0.3 is 10.6 Å². The summed E-state index contributed by atoms with van der Waals surface area (Å²) in [5.41, 5.74) is 0. The molecule has 0 aromatic rings. The lowest BCUT2D eigenvalue weighted by Crippen LogP contribution is -2.35. The van der Waals surface area contributed by atoms with Gasteiger partial charge in [-0.3, -0.25) is 0 Å². The molecule has 3 heteroatoms. The first-order chi connectivity index (χ1) is 4.97. The molecule has 2 aliphatic rings. The van der Waals surface area contributed by atoms with Gasteiger partial charge in [0, 0.05) is 31.4 Å². The number of thioether (sulfide) groups is 1. The van der Waals surface area contributed by atoms with Crippen molar-refractivity contribution >= 4 is 11.8 Å². The molecule has 2 unspecified atom stereocenters. The topological polar surface area (TPSA) is 24.1 Å². The Bertz CT molecular complexity index is 106. The Morgan fingerprint density at radius 1 is 1.30 bits per heavy atom. The summed E-state index contributed by atoms with van der Waals surface area (Å²) in [6.45, 7) is 3.61. The highest BCUT2D eigenvalue weighted by molar-refractivity contribution is 7.99. The van der Waals surface area contributed by atoms with Crippen molar-refractivity contribution in [2.24, 2.45) is 5.92 Å². The monoisotopic (exact) mass is 158 g/mol. The summed E-state index contributed by atoms with van der Waals surface area (Å²) in [4.78, 5) is 0.